The molecule has 6 nitrogen and oxygen atoms in total. The normalized spacial score (nSPS) is 24.0. The van der Waals surface area contributed by atoms with E-state index in [4.69, 9.17) is 9.52 Å². The monoisotopic (exact) mass is 330 g/mol. The molecule has 126 valence electrons. The van der Waals surface area contributed by atoms with Gasteiger partial charge in [-0.1, -0.05) is 6.92 Å². The minimum Gasteiger partial charge on any atom is -0.462 e. The van der Waals surface area contributed by atoms with Crippen molar-refractivity contribution >= 4 is 10.0 Å². The van der Waals surface area contributed by atoms with E-state index in [1.54, 1.807) is 24.2 Å². The fraction of sp³-hybridized carbons (Fsp3) is 0.733. The van der Waals surface area contributed by atoms with E-state index in [0.29, 0.717) is 25.4 Å². The lowest BCUT2D eigenvalue weighted by atomic mass is 9.95. The van der Waals surface area contributed by atoms with Gasteiger partial charge in [0.25, 0.3) is 0 Å². The van der Waals surface area contributed by atoms with Gasteiger partial charge in [0.15, 0.2) is 0 Å². The third-order valence-electron chi connectivity index (χ3n) is 4.24. The summed E-state index contributed by atoms with van der Waals surface area (Å²) in [5.41, 5.74) is 0. The third-order valence-corrected chi connectivity index (χ3v) is 6.48. The molecule has 1 fully saturated rings. The number of aliphatic hydroxyl groups is 1. The summed E-state index contributed by atoms with van der Waals surface area (Å²) in [4.78, 5) is 0. The highest BCUT2D eigenvalue weighted by Gasteiger charge is 2.33. The van der Waals surface area contributed by atoms with Crippen LogP contribution in [0, 0.1) is 5.92 Å². The van der Waals surface area contributed by atoms with Crippen LogP contribution in [0.25, 0.3) is 0 Å². The molecular formula is C15H26N2O4S. The number of hydrogen-bond acceptors (Lipinski definition) is 5. The Labute approximate surface area is 132 Å². The molecule has 0 radical (unpaired) electrons. The van der Waals surface area contributed by atoms with E-state index in [0.717, 1.165) is 12.2 Å². The Hall–Kier alpha value is -0.890. The summed E-state index contributed by atoms with van der Waals surface area (Å²) in [6.07, 6.45) is 0.792. The van der Waals surface area contributed by atoms with E-state index in [9.17, 15) is 8.42 Å². The van der Waals surface area contributed by atoms with Gasteiger partial charge in [0.2, 0.25) is 10.0 Å². The minimum atomic E-state index is -3.16. The summed E-state index contributed by atoms with van der Waals surface area (Å²) < 4.78 is 31.5. The number of furan rings is 1. The first kappa shape index (κ1) is 17.5. The van der Waals surface area contributed by atoms with Crippen LogP contribution in [0.5, 0.6) is 0 Å². The van der Waals surface area contributed by atoms with E-state index in [2.05, 4.69) is 12.2 Å². The molecule has 1 aliphatic heterocycles. The molecule has 0 aliphatic carbocycles. The van der Waals surface area contributed by atoms with Crippen LogP contribution in [-0.2, 0) is 23.2 Å². The van der Waals surface area contributed by atoms with Crippen LogP contribution in [0.15, 0.2) is 16.5 Å². The standard InChI is InChI=1S/C15H26N2O4S/c1-11(2)22(19,20)17-7-6-15(12(3)9-17)16-8-13-4-5-14(10-18)21-13/h4-5,11-12,15-16,18H,6-10H2,1-3H3/t12-,15-/m1/s1. The second-order valence-corrected chi connectivity index (χ2v) is 8.72. The summed E-state index contributed by atoms with van der Waals surface area (Å²) in [5.74, 6) is 1.59. The number of aliphatic hydroxyl groups excluding tert-OH is 1. The van der Waals surface area contributed by atoms with Crippen molar-refractivity contribution in [2.24, 2.45) is 5.92 Å². The van der Waals surface area contributed by atoms with Crippen LogP contribution in [0.3, 0.4) is 0 Å². The molecule has 0 unspecified atom stereocenters. The Balaban J connectivity index is 1.88. The van der Waals surface area contributed by atoms with Crippen molar-refractivity contribution in [3.05, 3.63) is 23.7 Å². The highest BCUT2D eigenvalue weighted by Crippen LogP contribution is 2.22. The summed E-state index contributed by atoms with van der Waals surface area (Å²) in [5, 5.41) is 12.0. The lowest BCUT2D eigenvalue weighted by molar-refractivity contribution is 0.211. The van der Waals surface area contributed by atoms with E-state index in [1.165, 1.54) is 0 Å². The highest BCUT2D eigenvalue weighted by atomic mass is 32.2. The molecule has 2 N–H and O–H groups in total. The Morgan fingerprint density at radius 1 is 1.41 bits per heavy atom. The van der Waals surface area contributed by atoms with Crippen LogP contribution >= 0.6 is 0 Å². The summed E-state index contributed by atoms with van der Waals surface area (Å²) in [6, 6.07) is 3.88. The molecule has 0 amide bonds. The van der Waals surface area contributed by atoms with Crippen molar-refractivity contribution in [1.82, 2.24) is 9.62 Å². The zero-order valence-electron chi connectivity index (χ0n) is 13.4. The van der Waals surface area contributed by atoms with Gasteiger partial charge in [-0.3, -0.25) is 0 Å². The van der Waals surface area contributed by atoms with Gasteiger partial charge < -0.3 is 14.8 Å². The average molecular weight is 330 g/mol. The molecule has 0 aromatic carbocycles. The molecule has 1 aromatic heterocycles. The average Bonchev–Trinajstić information content (AvgIpc) is 2.93. The van der Waals surface area contributed by atoms with Crippen molar-refractivity contribution in [2.45, 2.75) is 51.6 Å². The van der Waals surface area contributed by atoms with Crippen LogP contribution < -0.4 is 5.32 Å². The summed E-state index contributed by atoms with van der Waals surface area (Å²) >= 11 is 0. The first-order chi connectivity index (χ1) is 10.3. The minimum absolute atomic E-state index is 0.0954. The fourth-order valence-corrected chi connectivity index (χ4v) is 4.17. The Morgan fingerprint density at radius 3 is 2.64 bits per heavy atom. The molecule has 1 saturated heterocycles. The zero-order valence-corrected chi connectivity index (χ0v) is 14.3. The highest BCUT2D eigenvalue weighted by molar-refractivity contribution is 7.89. The van der Waals surface area contributed by atoms with Crippen LogP contribution in [-0.4, -0.2) is 42.2 Å². The molecule has 2 rings (SSSR count). The number of hydrogen-bond donors (Lipinski definition) is 2. The summed E-state index contributed by atoms with van der Waals surface area (Å²) in [7, 11) is -3.16. The number of sulfonamides is 1. The Kier molecular flexibility index (Phi) is 5.65. The van der Waals surface area contributed by atoms with Gasteiger partial charge in [0.1, 0.15) is 18.1 Å². The maximum atomic E-state index is 12.2. The second kappa shape index (κ2) is 7.12. The van der Waals surface area contributed by atoms with Crippen molar-refractivity contribution in [1.29, 1.82) is 0 Å². The summed E-state index contributed by atoms with van der Waals surface area (Å²) in [6.45, 7) is 7.12. The maximum Gasteiger partial charge on any atom is 0.216 e. The molecule has 2 heterocycles. The molecule has 2 atom stereocenters. The van der Waals surface area contributed by atoms with E-state index < -0.39 is 10.0 Å². The fourth-order valence-electron chi connectivity index (χ4n) is 2.77. The van der Waals surface area contributed by atoms with Gasteiger partial charge in [-0.25, -0.2) is 12.7 Å². The second-order valence-electron chi connectivity index (χ2n) is 6.23. The van der Waals surface area contributed by atoms with E-state index >= 15 is 0 Å². The quantitative estimate of drug-likeness (QED) is 0.822. The van der Waals surface area contributed by atoms with Crippen LogP contribution in [0.1, 0.15) is 38.7 Å². The SMILES string of the molecule is CC(C)S(=O)(=O)N1CC[C@@H](NCc2ccc(CO)o2)[C@H](C)C1. The van der Waals surface area contributed by atoms with Gasteiger partial charge in [0.05, 0.1) is 11.8 Å². The lowest BCUT2D eigenvalue weighted by Gasteiger charge is -2.37. The number of nitrogens with zero attached hydrogens (tertiary/aromatic N) is 1. The largest absolute Gasteiger partial charge is 0.462 e. The number of piperidine rings is 1. The van der Waals surface area contributed by atoms with Gasteiger partial charge in [0, 0.05) is 19.1 Å². The molecule has 0 spiro atoms. The molecule has 22 heavy (non-hydrogen) atoms. The molecular weight excluding hydrogens is 304 g/mol. The Bertz CT molecular complexity index is 582. The molecule has 0 bridgehead atoms. The molecule has 1 aliphatic rings. The lowest BCUT2D eigenvalue weighted by Crippen LogP contribution is -2.51. The van der Waals surface area contributed by atoms with Crippen molar-refractivity contribution in [3.63, 3.8) is 0 Å². The molecule has 1 aromatic rings. The number of nitrogens with one attached hydrogen (secondary N) is 1. The van der Waals surface area contributed by atoms with Gasteiger partial charge in [-0.2, -0.15) is 0 Å². The van der Waals surface area contributed by atoms with Crippen LogP contribution in [0.4, 0.5) is 0 Å². The van der Waals surface area contributed by atoms with E-state index in [1.807, 2.05) is 6.07 Å². The maximum absolute atomic E-state index is 12.2. The molecule has 7 heteroatoms. The zero-order chi connectivity index (χ0) is 16.3. The third kappa shape index (κ3) is 3.90. The van der Waals surface area contributed by atoms with Crippen molar-refractivity contribution in [2.75, 3.05) is 13.1 Å². The van der Waals surface area contributed by atoms with Gasteiger partial charge in [-0.15, -0.1) is 0 Å². The van der Waals surface area contributed by atoms with E-state index in [-0.39, 0.29) is 23.8 Å². The van der Waals surface area contributed by atoms with Crippen LogP contribution in [0.2, 0.25) is 0 Å². The van der Waals surface area contributed by atoms with Crippen molar-refractivity contribution in [3.8, 4) is 0 Å². The van der Waals surface area contributed by atoms with Gasteiger partial charge in [-0.05, 0) is 38.3 Å². The number of rotatable bonds is 6. The predicted molar refractivity (Wildman–Crippen MR) is 84.7 cm³/mol. The first-order valence-corrected chi connectivity index (χ1v) is 9.25. The predicted octanol–water partition coefficient (Wildman–Crippen LogP) is 1.31. The Morgan fingerprint density at radius 2 is 2.09 bits per heavy atom. The first-order valence-electron chi connectivity index (χ1n) is 7.75. The topological polar surface area (TPSA) is 82.8 Å². The van der Waals surface area contributed by atoms with Crippen molar-refractivity contribution < 1.29 is 17.9 Å². The van der Waals surface area contributed by atoms with Gasteiger partial charge >= 0.3 is 0 Å². The molecule has 0 saturated carbocycles. The smallest absolute Gasteiger partial charge is 0.216 e.